The average Bonchev–Trinajstić information content (AvgIpc) is 2.99. The topological polar surface area (TPSA) is 58.4 Å². The predicted octanol–water partition coefficient (Wildman–Crippen LogP) is 2.26. The summed E-state index contributed by atoms with van der Waals surface area (Å²) in [6.07, 6.45) is 4.05. The second kappa shape index (κ2) is 5.24. The van der Waals surface area contributed by atoms with Gasteiger partial charge in [0.25, 0.3) is 5.91 Å². The molecule has 2 aliphatic rings. The molecule has 2 saturated heterocycles. The normalized spacial score (nSPS) is 28.0. The smallest absolute Gasteiger partial charge is 0.270 e. The molecule has 4 heterocycles. The monoisotopic (exact) mass is 397 g/mol. The first-order valence-corrected chi connectivity index (χ1v) is 8.33. The zero-order valence-corrected chi connectivity index (χ0v) is 13.7. The van der Waals surface area contributed by atoms with E-state index in [1.807, 2.05) is 6.07 Å². The van der Waals surface area contributed by atoms with Crippen molar-refractivity contribution in [3.05, 3.63) is 27.8 Å². The third-order valence-electron chi connectivity index (χ3n) is 4.41. The molecular formula is C15H16IN3O2. The summed E-state index contributed by atoms with van der Waals surface area (Å²) in [5.74, 6) is 0.641. The van der Waals surface area contributed by atoms with E-state index in [1.165, 1.54) is 19.5 Å². The second-order valence-corrected chi connectivity index (χ2v) is 7.04. The third-order valence-corrected chi connectivity index (χ3v) is 4.94. The Morgan fingerprint density at radius 1 is 1.43 bits per heavy atom. The number of halogens is 1. The minimum Gasteiger partial charge on any atom is -0.450 e. The van der Waals surface area contributed by atoms with Gasteiger partial charge in [0.1, 0.15) is 11.3 Å². The summed E-state index contributed by atoms with van der Waals surface area (Å²) in [4.78, 5) is 19.0. The number of furan rings is 1. The van der Waals surface area contributed by atoms with E-state index in [-0.39, 0.29) is 11.9 Å². The van der Waals surface area contributed by atoms with Crippen molar-refractivity contribution < 1.29 is 9.21 Å². The minimum absolute atomic E-state index is 0.101. The molecule has 2 aromatic heterocycles. The Morgan fingerprint density at radius 3 is 3.19 bits per heavy atom. The molecule has 21 heavy (non-hydrogen) atoms. The molecule has 0 spiro atoms. The highest BCUT2D eigenvalue weighted by molar-refractivity contribution is 14.1. The number of carbonyl (C=O) groups is 1. The van der Waals surface area contributed by atoms with Gasteiger partial charge in [0, 0.05) is 36.8 Å². The van der Waals surface area contributed by atoms with Crippen LogP contribution in [0.15, 0.2) is 22.7 Å². The number of amides is 1. The molecule has 6 heteroatoms. The summed E-state index contributed by atoms with van der Waals surface area (Å²) in [5, 5.41) is 4.05. The molecule has 0 aromatic carbocycles. The van der Waals surface area contributed by atoms with E-state index < -0.39 is 0 Å². The van der Waals surface area contributed by atoms with Crippen molar-refractivity contribution in [1.29, 1.82) is 0 Å². The summed E-state index contributed by atoms with van der Waals surface area (Å²) < 4.78 is 6.36. The van der Waals surface area contributed by atoms with Crippen molar-refractivity contribution in [3.63, 3.8) is 0 Å². The van der Waals surface area contributed by atoms with Gasteiger partial charge in [-0.1, -0.05) is 0 Å². The lowest BCUT2D eigenvalue weighted by Crippen LogP contribution is -2.47. The van der Waals surface area contributed by atoms with Crippen molar-refractivity contribution in [2.45, 2.75) is 18.9 Å². The summed E-state index contributed by atoms with van der Waals surface area (Å²) in [7, 11) is 0. The predicted molar refractivity (Wildman–Crippen MR) is 87.1 cm³/mol. The number of hydrogen-bond donors (Lipinski definition) is 1. The van der Waals surface area contributed by atoms with Crippen molar-refractivity contribution >= 4 is 39.5 Å². The van der Waals surface area contributed by atoms with Gasteiger partial charge in [-0.2, -0.15) is 0 Å². The lowest BCUT2D eigenvalue weighted by atomic mass is 9.97. The first-order valence-electron chi connectivity index (χ1n) is 7.26. The fraction of sp³-hybridized carbons (Fsp3) is 0.467. The molecule has 1 N–H and O–H groups in total. The molecule has 0 aliphatic carbocycles. The van der Waals surface area contributed by atoms with Crippen molar-refractivity contribution in [3.8, 4) is 0 Å². The molecule has 0 radical (unpaired) electrons. The molecule has 1 amide bonds. The quantitative estimate of drug-likeness (QED) is 0.791. The van der Waals surface area contributed by atoms with E-state index in [4.69, 9.17) is 4.42 Å². The van der Waals surface area contributed by atoms with Crippen LogP contribution in [0.1, 0.15) is 23.3 Å². The number of rotatable bonds is 2. The number of pyridine rings is 1. The maximum atomic E-state index is 12.4. The zero-order valence-electron chi connectivity index (χ0n) is 11.5. The molecule has 2 fully saturated rings. The molecule has 110 valence electrons. The van der Waals surface area contributed by atoms with Gasteiger partial charge < -0.3 is 14.6 Å². The van der Waals surface area contributed by atoms with Crippen molar-refractivity contribution in [2.75, 3.05) is 19.6 Å². The van der Waals surface area contributed by atoms with Gasteiger partial charge in [-0.3, -0.25) is 9.78 Å². The van der Waals surface area contributed by atoms with E-state index in [0.29, 0.717) is 11.3 Å². The van der Waals surface area contributed by atoms with E-state index in [1.54, 1.807) is 12.3 Å². The molecule has 2 aromatic rings. The van der Waals surface area contributed by atoms with Crippen LogP contribution in [-0.4, -0.2) is 41.5 Å². The van der Waals surface area contributed by atoms with Crippen LogP contribution in [0.5, 0.6) is 0 Å². The molecule has 1 unspecified atom stereocenters. The summed E-state index contributed by atoms with van der Waals surface area (Å²) >= 11 is 2.12. The Morgan fingerprint density at radius 2 is 2.33 bits per heavy atom. The van der Waals surface area contributed by atoms with Gasteiger partial charge in [-0.05, 0) is 54.0 Å². The minimum atomic E-state index is -0.101. The Labute approximate surface area is 136 Å². The van der Waals surface area contributed by atoms with Gasteiger partial charge in [0.2, 0.25) is 0 Å². The fourth-order valence-corrected chi connectivity index (χ4v) is 4.02. The largest absolute Gasteiger partial charge is 0.450 e. The molecular weight excluding hydrogens is 381 g/mol. The SMILES string of the molecule is O=C(N[C@@H]1C[C@@H]2CCN(C2)C1)c1cc2oc(I)cc2cn1. The van der Waals surface area contributed by atoms with Crippen LogP contribution in [0.3, 0.4) is 0 Å². The highest BCUT2D eigenvalue weighted by Gasteiger charge is 2.33. The van der Waals surface area contributed by atoms with Crippen LogP contribution < -0.4 is 5.32 Å². The second-order valence-electron chi connectivity index (χ2n) is 5.98. The standard InChI is InChI=1S/C15H16IN3O2/c16-14-4-10-6-17-12(5-13(10)21-14)15(20)18-11-3-9-1-2-19(7-9)8-11/h4-6,9,11H,1-3,7-8H2,(H,18,20)/t9-,11+/m0/s1. The molecule has 2 aliphatic heterocycles. The Kier molecular flexibility index (Phi) is 3.37. The van der Waals surface area contributed by atoms with Crippen molar-refractivity contribution in [1.82, 2.24) is 15.2 Å². The molecule has 5 nitrogen and oxygen atoms in total. The number of piperidine rings is 1. The molecule has 3 atom stereocenters. The maximum Gasteiger partial charge on any atom is 0.270 e. The maximum absolute atomic E-state index is 12.4. The zero-order chi connectivity index (χ0) is 14.4. The van der Waals surface area contributed by atoms with Crippen LogP contribution in [0.25, 0.3) is 11.0 Å². The van der Waals surface area contributed by atoms with E-state index >= 15 is 0 Å². The average molecular weight is 397 g/mol. The number of nitrogens with one attached hydrogen (secondary N) is 1. The van der Waals surface area contributed by atoms with E-state index in [0.717, 1.165) is 28.0 Å². The Bertz CT molecular complexity index is 687. The van der Waals surface area contributed by atoms with Gasteiger partial charge in [-0.15, -0.1) is 0 Å². The number of hydrogen-bond acceptors (Lipinski definition) is 4. The van der Waals surface area contributed by atoms with Gasteiger partial charge >= 0.3 is 0 Å². The summed E-state index contributed by atoms with van der Waals surface area (Å²) in [5.41, 5.74) is 1.15. The highest BCUT2D eigenvalue weighted by atomic mass is 127. The lowest BCUT2D eigenvalue weighted by Gasteiger charge is -2.30. The van der Waals surface area contributed by atoms with Crippen LogP contribution in [-0.2, 0) is 0 Å². The van der Waals surface area contributed by atoms with E-state index in [9.17, 15) is 4.79 Å². The number of nitrogens with zero attached hydrogens (tertiary/aromatic N) is 2. The van der Waals surface area contributed by atoms with Gasteiger partial charge in [-0.25, -0.2) is 0 Å². The Balaban J connectivity index is 1.50. The van der Waals surface area contributed by atoms with Crippen LogP contribution in [0, 0.1) is 9.68 Å². The molecule has 4 rings (SSSR count). The first kappa shape index (κ1) is 13.5. The number of fused-ring (bicyclic) bond motifs is 3. The van der Waals surface area contributed by atoms with Crippen LogP contribution in [0.4, 0.5) is 0 Å². The fourth-order valence-electron chi connectivity index (χ4n) is 3.45. The molecule has 2 bridgehead atoms. The summed E-state index contributed by atoms with van der Waals surface area (Å²) in [6, 6.07) is 3.88. The number of aromatic nitrogens is 1. The van der Waals surface area contributed by atoms with Crippen molar-refractivity contribution in [2.24, 2.45) is 5.92 Å². The first-order chi connectivity index (χ1) is 10.2. The highest BCUT2D eigenvalue weighted by Crippen LogP contribution is 2.27. The summed E-state index contributed by atoms with van der Waals surface area (Å²) in [6.45, 7) is 3.33. The number of carbonyl (C=O) groups excluding carboxylic acids is 1. The van der Waals surface area contributed by atoms with Crippen LogP contribution in [0.2, 0.25) is 0 Å². The van der Waals surface area contributed by atoms with E-state index in [2.05, 4.69) is 37.8 Å². The lowest BCUT2D eigenvalue weighted by molar-refractivity contribution is 0.0904. The molecule has 0 saturated carbocycles. The Hall–Kier alpha value is -1.15. The van der Waals surface area contributed by atoms with Gasteiger partial charge in [0.15, 0.2) is 3.77 Å². The van der Waals surface area contributed by atoms with Crippen LogP contribution >= 0.6 is 22.6 Å². The van der Waals surface area contributed by atoms with Gasteiger partial charge in [0.05, 0.1) is 0 Å². The third kappa shape index (κ3) is 2.66.